The van der Waals surface area contributed by atoms with Crippen molar-refractivity contribution in [2.75, 3.05) is 7.11 Å². The second kappa shape index (κ2) is 6.27. The molecule has 1 aromatic carbocycles. The summed E-state index contributed by atoms with van der Waals surface area (Å²) in [4.78, 5) is 0. The number of alkyl halides is 1. The lowest BCUT2D eigenvalue weighted by molar-refractivity contribution is 0.343. The van der Waals surface area contributed by atoms with Crippen LogP contribution in [0.4, 0.5) is 0 Å². The quantitative estimate of drug-likeness (QED) is 0.680. The maximum Gasteiger partial charge on any atom is 0.118 e. The Morgan fingerprint density at radius 3 is 2.38 bits per heavy atom. The van der Waals surface area contributed by atoms with E-state index in [1.54, 1.807) is 7.11 Å². The number of methoxy groups -OCH3 is 1. The van der Waals surface area contributed by atoms with Gasteiger partial charge in [0, 0.05) is 5.41 Å². The van der Waals surface area contributed by atoms with Crippen LogP contribution < -0.4 is 4.74 Å². The van der Waals surface area contributed by atoms with Crippen molar-refractivity contribution in [3.63, 3.8) is 0 Å². The van der Waals surface area contributed by atoms with Crippen molar-refractivity contribution in [2.45, 2.75) is 49.3 Å². The normalized spacial score (nSPS) is 24.5. The minimum absolute atomic E-state index is 0.158. The lowest BCUT2D eigenvalue weighted by Crippen LogP contribution is -2.31. The van der Waals surface area contributed by atoms with Crippen LogP contribution in [0.15, 0.2) is 48.1 Å². The number of allylic oxidation sites excluding steroid dienone is 4. The third kappa shape index (κ3) is 2.89. The van der Waals surface area contributed by atoms with Crippen LogP contribution in [0.2, 0.25) is 0 Å². The summed E-state index contributed by atoms with van der Waals surface area (Å²) in [7, 11) is 1.72. The lowest BCUT2D eigenvalue weighted by atomic mass is 9.64. The van der Waals surface area contributed by atoms with Crippen molar-refractivity contribution in [3.05, 3.63) is 53.6 Å². The van der Waals surface area contributed by atoms with Crippen molar-refractivity contribution < 1.29 is 4.74 Å². The molecule has 1 unspecified atom stereocenters. The average Bonchev–Trinajstić information content (AvgIpc) is 2.56. The van der Waals surface area contributed by atoms with E-state index < -0.39 is 0 Å². The van der Waals surface area contributed by atoms with E-state index in [4.69, 9.17) is 16.3 Å². The molecule has 3 rings (SSSR count). The van der Waals surface area contributed by atoms with E-state index in [1.807, 2.05) is 0 Å². The second-order valence-corrected chi connectivity index (χ2v) is 6.70. The van der Waals surface area contributed by atoms with E-state index in [-0.39, 0.29) is 10.8 Å². The summed E-state index contributed by atoms with van der Waals surface area (Å²) in [5.41, 5.74) is 3.06. The first-order chi connectivity index (χ1) is 10.2. The van der Waals surface area contributed by atoms with Crippen molar-refractivity contribution >= 4 is 11.6 Å². The fourth-order valence-electron chi connectivity index (χ4n) is 3.76. The summed E-state index contributed by atoms with van der Waals surface area (Å²) in [6, 6.07) is 8.66. The van der Waals surface area contributed by atoms with Gasteiger partial charge in [-0.15, -0.1) is 11.6 Å². The molecular formula is C19H23ClO. The fourth-order valence-corrected chi connectivity index (χ4v) is 3.92. The van der Waals surface area contributed by atoms with Gasteiger partial charge in [-0.05, 0) is 42.5 Å². The number of benzene rings is 1. The monoisotopic (exact) mass is 302 g/mol. The highest BCUT2D eigenvalue weighted by molar-refractivity contribution is 6.22. The zero-order valence-corrected chi connectivity index (χ0v) is 13.4. The van der Waals surface area contributed by atoms with Crippen LogP contribution in [0, 0.1) is 0 Å². The summed E-state index contributed by atoms with van der Waals surface area (Å²) in [5, 5.41) is 0.158. The summed E-state index contributed by atoms with van der Waals surface area (Å²) < 4.78 is 5.30. The molecule has 0 bridgehead atoms. The Bertz CT molecular complexity index is 535. The fraction of sp³-hybridized carbons (Fsp3) is 0.474. The molecule has 1 fully saturated rings. The van der Waals surface area contributed by atoms with Gasteiger partial charge in [0.2, 0.25) is 0 Å². The molecule has 1 saturated carbocycles. The topological polar surface area (TPSA) is 9.23 Å². The van der Waals surface area contributed by atoms with E-state index in [9.17, 15) is 0 Å². The number of hydrogen-bond donors (Lipinski definition) is 0. The van der Waals surface area contributed by atoms with Crippen molar-refractivity contribution in [2.24, 2.45) is 0 Å². The molecule has 1 atom stereocenters. The minimum Gasteiger partial charge on any atom is -0.497 e. The Kier molecular flexibility index (Phi) is 4.40. The number of rotatable bonds is 3. The van der Waals surface area contributed by atoms with E-state index in [1.165, 1.54) is 43.2 Å². The van der Waals surface area contributed by atoms with E-state index in [2.05, 4.69) is 42.5 Å². The summed E-state index contributed by atoms with van der Waals surface area (Å²) in [5.74, 6) is 0.929. The molecule has 2 aliphatic rings. The van der Waals surface area contributed by atoms with Gasteiger partial charge in [0.1, 0.15) is 5.75 Å². The first-order valence-electron chi connectivity index (χ1n) is 7.92. The molecule has 0 saturated heterocycles. The highest BCUT2D eigenvalue weighted by atomic mass is 35.5. The van der Waals surface area contributed by atoms with Crippen LogP contribution in [0.1, 0.15) is 44.1 Å². The van der Waals surface area contributed by atoms with Gasteiger partial charge in [0.25, 0.3) is 0 Å². The first kappa shape index (κ1) is 14.7. The Morgan fingerprint density at radius 2 is 1.81 bits per heavy atom. The number of ether oxygens (including phenoxy) is 1. The third-order valence-corrected chi connectivity index (χ3v) is 5.27. The van der Waals surface area contributed by atoms with Crippen molar-refractivity contribution in [1.82, 2.24) is 0 Å². The van der Waals surface area contributed by atoms with Gasteiger partial charge in [-0.3, -0.25) is 0 Å². The maximum atomic E-state index is 6.20. The molecule has 0 radical (unpaired) electrons. The van der Waals surface area contributed by atoms with Crippen LogP contribution in [0.3, 0.4) is 0 Å². The molecule has 0 aliphatic heterocycles. The summed E-state index contributed by atoms with van der Waals surface area (Å²) >= 11 is 6.20. The van der Waals surface area contributed by atoms with Gasteiger partial charge in [0.15, 0.2) is 0 Å². The molecule has 21 heavy (non-hydrogen) atoms. The second-order valence-electron chi connectivity index (χ2n) is 6.14. The van der Waals surface area contributed by atoms with Gasteiger partial charge < -0.3 is 4.74 Å². The molecule has 1 nitrogen and oxygen atoms in total. The molecule has 0 amide bonds. The zero-order chi connectivity index (χ0) is 14.7. The van der Waals surface area contributed by atoms with Gasteiger partial charge in [-0.25, -0.2) is 0 Å². The van der Waals surface area contributed by atoms with Crippen LogP contribution in [-0.4, -0.2) is 12.5 Å². The minimum atomic E-state index is 0.158. The highest BCUT2D eigenvalue weighted by Gasteiger charge is 2.37. The summed E-state index contributed by atoms with van der Waals surface area (Å²) in [6.07, 6.45) is 14.2. The molecule has 0 spiro atoms. The largest absolute Gasteiger partial charge is 0.497 e. The van der Waals surface area contributed by atoms with E-state index in [0.29, 0.717) is 0 Å². The van der Waals surface area contributed by atoms with Crippen LogP contribution >= 0.6 is 11.6 Å². The smallest absolute Gasteiger partial charge is 0.118 e. The third-order valence-electron chi connectivity index (χ3n) is 4.95. The Morgan fingerprint density at radius 1 is 1.10 bits per heavy atom. The van der Waals surface area contributed by atoms with Crippen LogP contribution in [-0.2, 0) is 5.41 Å². The highest BCUT2D eigenvalue weighted by Crippen LogP contribution is 2.47. The molecule has 0 heterocycles. The van der Waals surface area contributed by atoms with Crippen LogP contribution in [0.25, 0.3) is 0 Å². The van der Waals surface area contributed by atoms with Gasteiger partial charge in [-0.1, -0.05) is 49.6 Å². The average molecular weight is 303 g/mol. The van der Waals surface area contributed by atoms with Crippen LogP contribution in [0.5, 0.6) is 5.75 Å². The van der Waals surface area contributed by atoms with Crippen molar-refractivity contribution in [1.29, 1.82) is 0 Å². The predicted octanol–water partition coefficient (Wildman–Crippen LogP) is 5.39. The van der Waals surface area contributed by atoms with Gasteiger partial charge in [-0.2, -0.15) is 0 Å². The van der Waals surface area contributed by atoms with Gasteiger partial charge in [0.05, 0.1) is 12.5 Å². The molecule has 112 valence electrons. The maximum absolute atomic E-state index is 6.20. The molecule has 0 aromatic heterocycles. The standard InChI is InChI=1S/C19H23ClO/c1-21-18-11-7-16(8-12-18)19(13-3-2-4-14-19)15-5-9-17(20)10-6-15/h5-9,11-12,17H,2-4,10,13-14H2,1H3. The zero-order valence-electron chi connectivity index (χ0n) is 12.6. The lowest BCUT2D eigenvalue weighted by Gasteiger charge is -2.40. The predicted molar refractivity (Wildman–Crippen MR) is 89.2 cm³/mol. The molecule has 2 heteroatoms. The first-order valence-corrected chi connectivity index (χ1v) is 8.36. The Balaban J connectivity index is 1.98. The van der Waals surface area contributed by atoms with Gasteiger partial charge >= 0.3 is 0 Å². The number of hydrogen-bond acceptors (Lipinski definition) is 1. The summed E-state index contributed by atoms with van der Waals surface area (Å²) in [6.45, 7) is 0. The molecular weight excluding hydrogens is 280 g/mol. The van der Waals surface area contributed by atoms with E-state index >= 15 is 0 Å². The Labute approximate surface area is 132 Å². The van der Waals surface area contributed by atoms with Crippen molar-refractivity contribution in [3.8, 4) is 5.75 Å². The molecule has 1 aromatic rings. The Hall–Kier alpha value is -1.21. The molecule has 2 aliphatic carbocycles. The molecule has 0 N–H and O–H groups in total. The SMILES string of the molecule is COc1ccc(C2(C3=CCC(Cl)C=C3)CCCCC2)cc1. The number of halogens is 1. The van der Waals surface area contributed by atoms with E-state index in [0.717, 1.165) is 12.2 Å².